The van der Waals surface area contributed by atoms with E-state index in [1.165, 1.54) is 0 Å². The first-order chi connectivity index (χ1) is 12.4. The van der Waals surface area contributed by atoms with Gasteiger partial charge in [-0.05, 0) is 23.0 Å². The summed E-state index contributed by atoms with van der Waals surface area (Å²) < 4.78 is 0. The van der Waals surface area contributed by atoms with Crippen LogP contribution in [0.25, 0.3) is 0 Å². The number of rotatable bonds is 6. The standard InChI is InChI=1S/C22H28N2O2/c1-15(2)19(17-11-7-5-8-12-17)23-21(25)22(26)24-20(16(3)4)18-13-9-6-10-14-18/h5-16,19-20H,1-4H3,(H,23,25)(H,24,26)/t19-,20-/m0/s1. The molecule has 0 unspecified atom stereocenters. The molecule has 0 saturated carbocycles. The molecule has 0 aliphatic heterocycles. The molecule has 4 nitrogen and oxygen atoms in total. The van der Waals surface area contributed by atoms with Crippen LogP contribution in [0, 0.1) is 11.8 Å². The third kappa shape index (κ3) is 5.19. The summed E-state index contributed by atoms with van der Waals surface area (Å²) in [6, 6.07) is 19.0. The van der Waals surface area contributed by atoms with Crippen LogP contribution in [0.2, 0.25) is 0 Å². The van der Waals surface area contributed by atoms with Crippen LogP contribution in [0.1, 0.15) is 50.9 Å². The lowest BCUT2D eigenvalue weighted by Crippen LogP contribution is -2.44. The van der Waals surface area contributed by atoms with Gasteiger partial charge in [-0.15, -0.1) is 0 Å². The van der Waals surface area contributed by atoms with Crippen molar-refractivity contribution in [3.8, 4) is 0 Å². The lowest BCUT2D eigenvalue weighted by atomic mass is 9.95. The van der Waals surface area contributed by atoms with Crippen molar-refractivity contribution in [2.75, 3.05) is 0 Å². The van der Waals surface area contributed by atoms with Gasteiger partial charge in [0.2, 0.25) is 0 Å². The Kier molecular flexibility index (Phi) is 6.96. The van der Waals surface area contributed by atoms with Gasteiger partial charge in [-0.25, -0.2) is 0 Å². The first kappa shape index (κ1) is 19.7. The molecule has 0 aliphatic rings. The summed E-state index contributed by atoms with van der Waals surface area (Å²) in [4.78, 5) is 25.0. The fraction of sp³-hybridized carbons (Fsp3) is 0.364. The second kappa shape index (κ2) is 9.18. The molecule has 0 fully saturated rings. The zero-order valence-corrected chi connectivity index (χ0v) is 15.9. The van der Waals surface area contributed by atoms with Gasteiger partial charge >= 0.3 is 11.8 Å². The predicted octanol–water partition coefficient (Wildman–Crippen LogP) is 4.01. The zero-order chi connectivity index (χ0) is 19.1. The summed E-state index contributed by atoms with van der Waals surface area (Å²) in [7, 11) is 0. The summed E-state index contributed by atoms with van der Waals surface area (Å²) in [5.74, 6) is -0.864. The van der Waals surface area contributed by atoms with Crippen molar-refractivity contribution in [1.82, 2.24) is 10.6 Å². The van der Waals surface area contributed by atoms with Gasteiger partial charge in [-0.2, -0.15) is 0 Å². The molecule has 0 radical (unpaired) electrons. The van der Waals surface area contributed by atoms with Gasteiger partial charge in [0.05, 0.1) is 12.1 Å². The van der Waals surface area contributed by atoms with Crippen LogP contribution in [0.15, 0.2) is 60.7 Å². The Morgan fingerprint density at radius 1 is 0.615 bits per heavy atom. The summed E-state index contributed by atoms with van der Waals surface area (Å²) in [5.41, 5.74) is 1.99. The summed E-state index contributed by atoms with van der Waals surface area (Å²) >= 11 is 0. The maximum atomic E-state index is 12.5. The second-order valence-electron chi connectivity index (χ2n) is 7.21. The van der Waals surface area contributed by atoms with Gasteiger partial charge in [-0.1, -0.05) is 88.4 Å². The van der Waals surface area contributed by atoms with Gasteiger partial charge < -0.3 is 10.6 Å². The Hall–Kier alpha value is -2.62. The van der Waals surface area contributed by atoms with Crippen molar-refractivity contribution in [2.24, 2.45) is 11.8 Å². The molecule has 0 heterocycles. The Morgan fingerprint density at radius 3 is 1.19 bits per heavy atom. The van der Waals surface area contributed by atoms with Gasteiger partial charge in [0, 0.05) is 0 Å². The molecule has 2 amide bonds. The Morgan fingerprint density at radius 2 is 0.923 bits per heavy atom. The minimum Gasteiger partial charge on any atom is -0.341 e. The van der Waals surface area contributed by atoms with Gasteiger partial charge in [0.25, 0.3) is 0 Å². The van der Waals surface area contributed by atoms with Crippen LogP contribution in [0.4, 0.5) is 0 Å². The van der Waals surface area contributed by atoms with E-state index in [9.17, 15) is 9.59 Å². The predicted molar refractivity (Wildman–Crippen MR) is 104 cm³/mol. The Labute approximate surface area is 156 Å². The normalized spacial score (nSPS) is 13.3. The monoisotopic (exact) mass is 352 g/mol. The topological polar surface area (TPSA) is 58.2 Å². The molecule has 0 spiro atoms. The molecule has 2 aromatic carbocycles. The molecule has 26 heavy (non-hydrogen) atoms. The molecular weight excluding hydrogens is 324 g/mol. The van der Waals surface area contributed by atoms with E-state index in [1.807, 2.05) is 88.4 Å². The summed E-state index contributed by atoms with van der Waals surface area (Å²) in [6.07, 6.45) is 0. The van der Waals surface area contributed by atoms with Crippen molar-refractivity contribution in [3.05, 3.63) is 71.8 Å². The van der Waals surface area contributed by atoms with Crippen LogP contribution in [-0.2, 0) is 9.59 Å². The van der Waals surface area contributed by atoms with Crippen molar-refractivity contribution >= 4 is 11.8 Å². The molecule has 2 aromatic rings. The van der Waals surface area contributed by atoms with Crippen molar-refractivity contribution in [3.63, 3.8) is 0 Å². The molecule has 0 aromatic heterocycles. The SMILES string of the molecule is CC(C)[C@H](NC(=O)C(=O)N[C@H](c1ccccc1)C(C)C)c1ccccc1. The highest BCUT2D eigenvalue weighted by Crippen LogP contribution is 2.23. The number of benzene rings is 2. The van der Waals surface area contributed by atoms with Crippen LogP contribution in [0.5, 0.6) is 0 Å². The van der Waals surface area contributed by atoms with E-state index in [2.05, 4.69) is 10.6 Å². The maximum absolute atomic E-state index is 12.5. The fourth-order valence-electron chi connectivity index (χ4n) is 3.00. The number of hydrogen-bond donors (Lipinski definition) is 2. The van der Waals surface area contributed by atoms with Crippen molar-refractivity contribution < 1.29 is 9.59 Å². The highest BCUT2D eigenvalue weighted by atomic mass is 16.2. The van der Waals surface area contributed by atoms with E-state index in [1.54, 1.807) is 0 Å². The zero-order valence-electron chi connectivity index (χ0n) is 15.9. The smallest absolute Gasteiger partial charge is 0.309 e. The van der Waals surface area contributed by atoms with Crippen LogP contribution < -0.4 is 10.6 Å². The lowest BCUT2D eigenvalue weighted by Gasteiger charge is -2.25. The average Bonchev–Trinajstić information content (AvgIpc) is 2.64. The largest absolute Gasteiger partial charge is 0.341 e. The summed E-state index contributed by atoms with van der Waals surface area (Å²) in [6.45, 7) is 8.10. The molecule has 2 atom stereocenters. The lowest BCUT2D eigenvalue weighted by molar-refractivity contribution is -0.140. The third-order valence-corrected chi connectivity index (χ3v) is 4.43. The Bertz CT molecular complexity index is 648. The van der Waals surface area contributed by atoms with Crippen molar-refractivity contribution in [1.29, 1.82) is 0 Å². The molecule has 0 saturated heterocycles. The first-order valence-corrected chi connectivity index (χ1v) is 9.11. The first-order valence-electron chi connectivity index (χ1n) is 9.11. The average molecular weight is 352 g/mol. The number of amides is 2. The van der Waals surface area contributed by atoms with Gasteiger partial charge in [-0.3, -0.25) is 9.59 Å². The van der Waals surface area contributed by atoms with E-state index < -0.39 is 11.8 Å². The molecular formula is C22H28N2O2. The van der Waals surface area contributed by atoms with E-state index in [-0.39, 0.29) is 23.9 Å². The van der Waals surface area contributed by atoms with Crippen LogP contribution in [0.3, 0.4) is 0 Å². The van der Waals surface area contributed by atoms with E-state index in [0.29, 0.717) is 0 Å². The van der Waals surface area contributed by atoms with Crippen molar-refractivity contribution in [2.45, 2.75) is 39.8 Å². The van der Waals surface area contributed by atoms with Gasteiger partial charge in [0.1, 0.15) is 0 Å². The fourth-order valence-corrected chi connectivity index (χ4v) is 3.00. The molecule has 2 rings (SSSR count). The quantitative estimate of drug-likeness (QED) is 0.772. The van der Waals surface area contributed by atoms with E-state index in [4.69, 9.17) is 0 Å². The van der Waals surface area contributed by atoms with E-state index >= 15 is 0 Å². The molecule has 0 aliphatic carbocycles. The molecule has 2 N–H and O–H groups in total. The number of nitrogens with one attached hydrogen (secondary N) is 2. The van der Waals surface area contributed by atoms with Crippen LogP contribution in [-0.4, -0.2) is 11.8 Å². The molecule has 4 heteroatoms. The minimum atomic E-state index is -0.603. The Balaban J connectivity index is 2.09. The highest BCUT2D eigenvalue weighted by molar-refractivity contribution is 6.35. The number of hydrogen-bond acceptors (Lipinski definition) is 2. The van der Waals surface area contributed by atoms with Gasteiger partial charge in [0.15, 0.2) is 0 Å². The van der Waals surface area contributed by atoms with Crippen LogP contribution >= 0.6 is 0 Å². The third-order valence-electron chi connectivity index (χ3n) is 4.43. The van der Waals surface area contributed by atoms with E-state index in [0.717, 1.165) is 11.1 Å². The summed E-state index contributed by atoms with van der Waals surface area (Å²) in [5, 5.41) is 5.75. The minimum absolute atomic E-state index is 0.171. The number of carbonyl (C=O) groups is 2. The maximum Gasteiger partial charge on any atom is 0.309 e. The molecule has 138 valence electrons. The second-order valence-corrected chi connectivity index (χ2v) is 7.21. The molecule has 0 bridgehead atoms. The highest BCUT2D eigenvalue weighted by Gasteiger charge is 2.25. The number of carbonyl (C=O) groups excluding carboxylic acids is 2.